The van der Waals surface area contributed by atoms with Gasteiger partial charge in [0.1, 0.15) is 0 Å². The van der Waals surface area contributed by atoms with Gasteiger partial charge in [0, 0.05) is 6.04 Å². The highest BCUT2D eigenvalue weighted by Crippen LogP contribution is 2.47. The van der Waals surface area contributed by atoms with Gasteiger partial charge in [0.2, 0.25) is 0 Å². The zero-order valence-electron chi connectivity index (χ0n) is 6.33. The molecule has 2 nitrogen and oxygen atoms in total. The number of hydrogen-bond donors (Lipinski definition) is 2. The van der Waals surface area contributed by atoms with E-state index in [0.717, 1.165) is 0 Å². The average molecular weight is 141 g/mol. The van der Waals surface area contributed by atoms with Crippen LogP contribution < -0.4 is 5.73 Å². The summed E-state index contributed by atoms with van der Waals surface area (Å²) in [6.45, 7) is 2.22. The molecular weight excluding hydrogens is 126 g/mol. The topological polar surface area (TPSA) is 46.2 Å². The molecule has 0 spiro atoms. The predicted molar refractivity (Wildman–Crippen MR) is 39.4 cm³/mol. The average Bonchev–Trinajstić information content (AvgIpc) is 2.36. The fourth-order valence-corrected chi connectivity index (χ4v) is 2.69. The third-order valence-electron chi connectivity index (χ3n) is 3.36. The molecule has 0 amide bonds. The summed E-state index contributed by atoms with van der Waals surface area (Å²) in [4.78, 5) is 0. The Labute approximate surface area is 61.4 Å². The number of aliphatic hydroxyl groups excluding tert-OH is 1. The number of aliphatic hydroxyl groups is 1. The number of hydrogen-bond acceptors (Lipinski definition) is 2. The molecule has 2 heteroatoms. The van der Waals surface area contributed by atoms with Crippen LogP contribution in [0, 0.1) is 17.8 Å². The van der Waals surface area contributed by atoms with E-state index < -0.39 is 0 Å². The summed E-state index contributed by atoms with van der Waals surface area (Å²) in [5, 5.41) is 9.53. The van der Waals surface area contributed by atoms with Gasteiger partial charge in [0.05, 0.1) is 6.10 Å². The molecule has 2 rings (SSSR count). The van der Waals surface area contributed by atoms with Gasteiger partial charge in [-0.25, -0.2) is 0 Å². The molecule has 2 fully saturated rings. The first-order chi connectivity index (χ1) is 4.70. The lowest BCUT2D eigenvalue weighted by Gasteiger charge is -2.27. The second-order valence-electron chi connectivity index (χ2n) is 3.94. The molecule has 2 aliphatic rings. The Bertz CT molecular complexity index is 146. The van der Waals surface area contributed by atoms with Crippen molar-refractivity contribution in [3.63, 3.8) is 0 Å². The lowest BCUT2D eigenvalue weighted by atomic mass is 9.85. The molecule has 0 heterocycles. The van der Waals surface area contributed by atoms with E-state index in [0.29, 0.717) is 17.8 Å². The summed E-state index contributed by atoms with van der Waals surface area (Å²) < 4.78 is 0. The van der Waals surface area contributed by atoms with Crippen LogP contribution in [0.4, 0.5) is 0 Å². The predicted octanol–water partition coefficient (Wildman–Crippen LogP) is 0.350. The van der Waals surface area contributed by atoms with Crippen LogP contribution in [0.1, 0.15) is 19.8 Å². The van der Waals surface area contributed by atoms with Crippen molar-refractivity contribution in [2.45, 2.75) is 31.9 Å². The van der Waals surface area contributed by atoms with Crippen LogP contribution in [0.3, 0.4) is 0 Å². The maximum absolute atomic E-state index is 9.53. The number of fused-ring (bicyclic) bond motifs is 2. The molecular formula is C8H15NO. The maximum Gasteiger partial charge on any atom is 0.0724 e. The van der Waals surface area contributed by atoms with Crippen LogP contribution in [0.5, 0.6) is 0 Å². The highest BCUT2D eigenvalue weighted by atomic mass is 16.3. The third kappa shape index (κ3) is 0.663. The quantitative estimate of drug-likeness (QED) is 0.511. The molecule has 0 aromatic carbocycles. The Morgan fingerprint density at radius 3 is 2.50 bits per heavy atom. The minimum Gasteiger partial charge on any atom is -0.391 e. The summed E-state index contributed by atoms with van der Waals surface area (Å²) in [7, 11) is 0. The first-order valence-electron chi connectivity index (χ1n) is 4.14. The molecule has 0 aromatic rings. The van der Waals surface area contributed by atoms with E-state index in [1.165, 1.54) is 12.8 Å². The van der Waals surface area contributed by atoms with E-state index in [-0.39, 0.29) is 12.1 Å². The maximum atomic E-state index is 9.53. The Balaban J connectivity index is 2.16. The van der Waals surface area contributed by atoms with E-state index >= 15 is 0 Å². The molecule has 58 valence electrons. The largest absolute Gasteiger partial charge is 0.391 e. The summed E-state index contributed by atoms with van der Waals surface area (Å²) in [6, 6.07) is 0.0844. The minimum absolute atomic E-state index is 0.0844. The monoisotopic (exact) mass is 141 g/mol. The lowest BCUT2D eigenvalue weighted by molar-refractivity contribution is 0.0690. The van der Waals surface area contributed by atoms with Crippen molar-refractivity contribution in [3.8, 4) is 0 Å². The van der Waals surface area contributed by atoms with Crippen molar-refractivity contribution >= 4 is 0 Å². The van der Waals surface area contributed by atoms with Crippen molar-refractivity contribution < 1.29 is 5.11 Å². The first kappa shape index (κ1) is 6.62. The molecule has 2 bridgehead atoms. The van der Waals surface area contributed by atoms with Crippen LogP contribution in [-0.4, -0.2) is 17.3 Å². The molecule has 0 radical (unpaired) electrons. The van der Waals surface area contributed by atoms with Gasteiger partial charge < -0.3 is 10.8 Å². The van der Waals surface area contributed by atoms with E-state index in [9.17, 15) is 5.11 Å². The highest BCUT2D eigenvalue weighted by Gasteiger charge is 2.48. The minimum atomic E-state index is -0.200. The Hall–Kier alpha value is -0.0800. The van der Waals surface area contributed by atoms with Gasteiger partial charge in [-0.3, -0.25) is 0 Å². The zero-order valence-corrected chi connectivity index (χ0v) is 6.33. The summed E-state index contributed by atoms with van der Waals surface area (Å²) >= 11 is 0. The molecule has 10 heavy (non-hydrogen) atoms. The van der Waals surface area contributed by atoms with Crippen LogP contribution in [-0.2, 0) is 0 Å². The molecule has 2 saturated carbocycles. The first-order valence-corrected chi connectivity index (χ1v) is 4.14. The second-order valence-corrected chi connectivity index (χ2v) is 3.94. The number of rotatable bonds is 0. The lowest BCUT2D eigenvalue weighted by Crippen LogP contribution is -2.42. The van der Waals surface area contributed by atoms with Crippen LogP contribution in [0.25, 0.3) is 0 Å². The van der Waals surface area contributed by atoms with Crippen LogP contribution >= 0.6 is 0 Å². The van der Waals surface area contributed by atoms with Crippen LogP contribution in [0.15, 0.2) is 0 Å². The molecule has 0 saturated heterocycles. The fraction of sp³-hybridized carbons (Fsp3) is 1.00. The van der Waals surface area contributed by atoms with Crippen molar-refractivity contribution in [2.75, 3.05) is 0 Å². The van der Waals surface area contributed by atoms with Crippen molar-refractivity contribution in [3.05, 3.63) is 0 Å². The van der Waals surface area contributed by atoms with Crippen LogP contribution in [0.2, 0.25) is 0 Å². The molecule has 0 aromatic heterocycles. The van der Waals surface area contributed by atoms with E-state index in [1.807, 2.05) is 0 Å². The normalized spacial score (nSPS) is 59.7. The van der Waals surface area contributed by atoms with Gasteiger partial charge in [-0.1, -0.05) is 6.92 Å². The van der Waals surface area contributed by atoms with Gasteiger partial charge in [0.25, 0.3) is 0 Å². The van der Waals surface area contributed by atoms with Crippen molar-refractivity contribution in [1.29, 1.82) is 0 Å². The van der Waals surface area contributed by atoms with Crippen molar-refractivity contribution in [1.82, 2.24) is 0 Å². The van der Waals surface area contributed by atoms with E-state index in [1.54, 1.807) is 0 Å². The van der Waals surface area contributed by atoms with Gasteiger partial charge in [-0.15, -0.1) is 0 Å². The zero-order chi connectivity index (χ0) is 7.30. The molecule has 5 unspecified atom stereocenters. The fourth-order valence-electron chi connectivity index (χ4n) is 2.69. The van der Waals surface area contributed by atoms with Crippen molar-refractivity contribution in [2.24, 2.45) is 23.5 Å². The summed E-state index contributed by atoms with van der Waals surface area (Å²) in [5.41, 5.74) is 5.78. The Morgan fingerprint density at radius 1 is 1.40 bits per heavy atom. The second kappa shape index (κ2) is 1.95. The SMILES string of the molecule is CC1CC2CC1C(O)C2N. The van der Waals surface area contributed by atoms with Gasteiger partial charge in [-0.2, -0.15) is 0 Å². The standard InChI is InChI=1S/C8H15NO/c1-4-2-5-3-6(4)8(10)7(5)9/h4-8,10H,2-3,9H2,1H3. The summed E-state index contributed by atoms with van der Waals surface area (Å²) in [6.07, 6.45) is 2.21. The highest BCUT2D eigenvalue weighted by molar-refractivity contribution is 5.01. The molecule has 2 aliphatic carbocycles. The van der Waals surface area contributed by atoms with E-state index in [2.05, 4.69) is 6.92 Å². The van der Waals surface area contributed by atoms with Gasteiger partial charge >= 0.3 is 0 Å². The van der Waals surface area contributed by atoms with Gasteiger partial charge in [0.15, 0.2) is 0 Å². The number of nitrogens with two attached hydrogens (primary N) is 1. The summed E-state index contributed by atoms with van der Waals surface area (Å²) in [5.74, 6) is 1.84. The molecule has 5 atom stereocenters. The molecule has 0 aliphatic heterocycles. The van der Waals surface area contributed by atoms with E-state index in [4.69, 9.17) is 5.73 Å². The Morgan fingerprint density at radius 2 is 2.10 bits per heavy atom. The molecule has 3 N–H and O–H groups in total. The third-order valence-corrected chi connectivity index (χ3v) is 3.36. The smallest absolute Gasteiger partial charge is 0.0724 e. The van der Waals surface area contributed by atoms with Gasteiger partial charge in [-0.05, 0) is 30.6 Å². The Kier molecular flexibility index (Phi) is 1.29.